The zero-order valence-corrected chi connectivity index (χ0v) is 13.5. The van der Waals surface area contributed by atoms with Gasteiger partial charge in [-0.15, -0.1) is 0 Å². The van der Waals surface area contributed by atoms with Crippen LogP contribution in [-0.4, -0.2) is 18.5 Å². The van der Waals surface area contributed by atoms with Crippen LogP contribution >= 0.6 is 0 Å². The number of amides is 1. The molecule has 4 nitrogen and oxygen atoms in total. The third kappa shape index (κ3) is 6.53. The summed E-state index contributed by atoms with van der Waals surface area (Å²) in [4.78, 5) is 11.5. The molecule has 122 valence electrons. The van der Waals surface area contributed by atoms with E-state index in [1.54, 1.807) is 0 Å². The van der Waals surface area contributed by atoms with Gasteiger partial charge in [0.1, 0.15) is 12.4 Å². The number of nitrogens with two attached hydrogens (primary N) is 1. The zero-order chi connectivity index (χ0) is 16.5. The second kappa shape index (κ2) is 8.96. The van der Waals surface area contributed by atoms with Crippen LogP contribution in [0.1, 0.15) is 24.5 Å². The number of hydrogen-bond donors (Lipinski definition) is 2. The Morgan fingerprint density at radius 3 is 2.43 bits per heavy atom. The number of benzene rings is 2. The molecule has 0 aliphatic carbocycles. The summed E-state index contributed by atoms with van der Waals surface area (Å²) >= 11 is 0. The lowest BCUT2D eigenvalue weighted by Crippen LogP contribution is -2.31. The number of carbonyl (C=O) groups is 1. The van der Waals surface area contributed by atoms with Crippen LogP contribution < -0.4 is 15.8 Å². The van der Waals surface area contributed by atoms with Crippen LogP contribution in [0.2, 0.25) is 0 Å². The van der Waals surface area contributed by atoms with Gasteiger partial charge < -0.3 is 15.8 Å². The van der Waals surface area contributed by atoms with Gasteiger partial charge in [0.15, 0.2) is 0 Å². The first-order valence-corrected chi connectivity index (χ1v) is 7.91. The summed E-state index contributed by atoms with van der Waals surface area (Å²) in [5.74, 6) is 0.849. The van der Waals surface area contributed by atoms with Gasteiger partial charge in [-0.05, 0) is 36.6 Å². The predicted octanol–water partition coefficient (Wildman–Crippen LogP) is 2.66. The first kappa shape index (κ1) is 17.0. The molecule has 3 N–H and O–H groups in total. The molecule has 0 saturated heterocycles. The van der Waals surface area contributed by atoms with E-state index in [1.807, 2.05) is 61.5 Å². The van der Waals surface area contributed by atoms with Crippen LogP contribution in [0.15, 0.2) is 54.6 Å². The van der Waals surface area contributed by atoms with E-state index in [2.05, 4.69) is 5.32 Å². The molecule has 0 aliphatic rings. The van der Waals surface area contributed by atoms with Crippen LogP contribution in [0.5, 0.6) is 5.75 Å². The lowest BCUT2D eigenvalue weighted by atomic mass is 10.1. The molecule has 1 unspecified atom stereocenters. The monoisotopic (exact) mass is 312 g/mol. The van der Waals surface area contributed by atoms with Gasteiger partial charge in [-0.3, -0.25) is 4.79 Å². The lowest BCUT2D eigenvalue weighted by Gasteiger charge is -2.09. The maximum atomic E-state index is 11.5. The molecule has 0 fully saturated rings. The van der Waals surface area contributed by atoms with E-state index in [-0.39, 0.29) is 11.9 Å². The Bertz CT molecular complexity index is 595. The molecular formula is C19H24N2O2. The van der Waals surface area contributed by atoms with E-state index in [0.717, 1.165) is 23.3 Å². The molecular weight excluding hydrogens is 288 g/mol. The van der Waals surface area contributed by atoms with Crippen molar-refractivity contribution in [1.29, 1.82) is 0 Å². The summed E-state index contributed by atoms with van der Waals surface area (Å²) in [5.41, 5.74) is 7.90. The van der Waals surface area contributed by atoms with Crippen LogP contribution in [0, 0.1) is 0 Å². The third-order valence-electron chi connectivity index (χ3n) is 3.41. The van der Waals surface area contributed by atoms with E-state index >= 15 is 0 Å². The second-order valence-corrected chi connectivity index (χ2v) is 5.70. The highest BCUT2D eigenvalue weighted by molar-refractivity contribution is 5.76. The fourth-order valence-electron chi connectivity index (χ4n) is 2.20. The average molecular weight is 312 g/mol. The van der Waals surface area contributed by atoms with Crippen molar-refractivity contribution < 1.29 is 9.53 Å². The van der Waals surface area contributed by atoms with Gasteiger partial charge in [0.25, 0.3) is 0 Å². The summed E-state index contributed by atoms with van der Waals surface area (Å²) in [6, 6.07) is 17.9. The number of carbonyl (C=O) groups excluding carboxylic acids is 1. The molecule has 2 rings (SSSR count). The van der Waals surface area contributed by atoms with Crippen LogP contribution in [0.25, 0.3) is 0 Å². The van der Waals surface area contributed by atoms with Gasteiger partial charge in [-0.2, -0.15) is 0 Å². The minimum Gasteiger partial charge on any atom is -0.489 e. The van der Waals surface area contributed by atoms with Gasteiger partial charge in [-0.25, -0.2) is 0 Å². The number of hydrogen-bond acceptors (Lipinski definition) is 3. The maximum absolute atomic E-state index is 11.5. The molecule has 0 aromatic heterocycles. The van der Waals surface area contributed by atoms with Crippen molar-refractivity contribution in [3.63, 3.8) is 0 Å². The van der Waals surface area contributed by atoms with Crippen molar-refractivity contribution in [3.05, 3.63) is 65.7 Å². The SMILES string of the molecule is CC(N)CC(=O)NCCc1ccc(OCc2ccccc2)cc1. The molecule has 2 aromatic rings. The Morgan fingerprint density at radius 1 is 1.09 bits per heavy atom. The summed E-state index contributed by atoms with van der Waals surface area (Å²) in [6.07, 6.45) is 1.16. The topological polar surface area (TPSA) is 64.4 Å². The van der Waals surface area contributed by atoms with Crippen LogP contribution in [0.3, 0.4) is 0 Å². The quantitative estimate of drug-likeness (QED) is 0.787. The molecule has 4 heteroatoms. The highest BCUT2D eigenvalue weighted by atomic mass is 16.5. The fraction of sp³-hybridized carbons (Fsp3) is 0.316. The Balaban J connectivity index is 1.73. The van der Waals surface area contributed by atoms with Gasteiger partial charge in [0, 0.05) is 19.0 Å². The maximum Gasteiger partial charge on any atom is 0.221 e. The second-order valence-electron chi connectivity index (χ2n) is 5.70. The van der Waals surface area contributed by atoms with Gasteiger partial charge in [0.2, 0.25) is 5.91 Å². The summed E-state index contributed by atoms with van der Waals surface area (Å²) in [6.45, 7) is 3.01. The Morgan fingerprint density at radius 2 is 1.78 bits per heavy atom. The standard InChI is InChI=1S/C19H24N2O2/c1-15(20)13-19(22)21-12-11-16-7-9-18(10-8-16)23-14-17-5-3-2-4-6-17/h2-10,15H,11-14,20H2,1H3,(H,21,22). The highest BCUT2D eigenvalue weighted by Crippen LogP contribution is 2.14. The molecule has 0 spiro atoms. The van der Waals surface area contributed by atoms with E-state index in [4.69, 9.17) is 10.5 Å². The van der Waals surface area contributed by atoms with Gasteiger partial charge in [0.05, 0.1) is 0 Å². The van der Waals surface area contributed by atoms with Crippen molar-refractivity contribution >= 4 is 5.91 Å². The number of rotatable bonds is 8. The highest BCUT2D eigenvalue weighted by Gasteiger charge is 2.04. The Kier molecular flexibility index (Phi) is 6.63. The smallest absolute Gasteiger partial charge is 0.221 e. The number of ether oxygens (including phenoxy) is 1. The molecule has 0 bridgehead atoms. The molecule has 0 saturated carbocycles. The molecule has 0 heterocycles. The molecule has 1 atom stereocenters. The zero-order valence-electron chi connectivity index (χ0n) is 13.5. The minimum atomic E-state index is -0.101. The first-order valence-electron chi connectivity index (χ1n) is 7.91. The van der Waals surface area contributed by atoms with E-state index in [9.17, 15) is 4.79 Å². The summed E-state index contributed by atoms with van der Waals surface area (Å²) in [5, 5.41) is 2.87. The largest absolute Gasteiger partial charge is 0.489 e. The van der Waals surface area contributed by atoms with E-state index in [1.165, 1.54) is 0 Å². The van der Waals surface area contributed by atoms with Crippen molar-refractivity contribution in [2.45, 2.75) is 32.4 Å². The average Bonchev–Trinajstić information content (AvgIpc) is 2.54. The Labute approximate surface area is 137 Å². The van der Waals surface area contributed by atoms with Gasteiger partial charge in [-0.1, -0.05) is 42.5 Å². The van der Waals surface area contributed by atoms with Crippen molar-refractivity contribution in [1.82, 2.24) is 5.32 Å². The fourth-order valence-corrected chi connectivity index (χ4v) is 2.20. The molecule has 0 aliphatic heterocycles. The normalized spacial score (nSPS) is 11.7. The molecule has 23 heavy (non-hydrogen) atoms. The molecule has 2 aromatic carbocycles. The van der Waals surface area contributed by atoms with Crippen LogP contribution in [-0.2, 0) is 17.8 Å². The first-order chi connectivity index (χ1) is 11.1. The van der Waals surface area contributed by atoms with Crippen molar-refractivity contribution in [2.75, 3.05) is 6.54 Å². The predicted molar refractivity (Wildman–Crippen MR) is 92.2 cm³/mol. The minimum absolute atomic E-state index is 0.00261. The Hall–Kier alpha value is -2.33. The van der Waals surface area contributed by atoms with E-state index in [0.29, 0.717) is 19.6 Å². The third-order valence-corrected chi connectivity index (χ3v) is 3.41. The van der Waals surface area contributed by atoms with Gasteiger partial charge >= 0.3 is 0 Å². The molecule has 1 amide bonds. The molecule has 0 radical (unpaired) electrons. The van der Waals surface area contributed by atoms with E-state index < -0.39 is 0 Å². The number of nitrogens with one attached hydrogen (secondary N) is 1. The van der Waals surface area contributed by atoms with Crippen molar-refractivity contribution in [2.24, 2.45) is 5.73 Å². The summed E-state index contributed by atoms with van der Waals surface area (Å²) in [7, 11) is 0. The van der Waals surface area contributed by atoms with Crippen LogP contribution in [0.4, 0.5) is 0 Å². The van der Waals surface area contributed by atoms with Crippen molar-refractivity contribution in [3.8, 4) is 5.75 Å². The lowest BCUT2D eigenvalue weighted by molar-refractivity contribution is -0.121. The summed E-state index contributed by atoms with van der Waals surface area (Å²) < 4.78 is 5.75.